The number of aryl methyl sites for hydroxylation is 1. The molecule has 4 rings (SSSR count). The van der Waals surface area contributed by atoms with Crippen LogP contribution in [0.5, 0.6) is 0 Å². The summed E-state index contributed by atoms with van der Waals surface area (Å²) in [5, 5.41) is 10.5. The minimum atomic E-state index is 0.0165. The van der Waals surface area contributed by atoms with E-state index in [1.54, 1.807) is 11.3 Å². The van der Waals surface area contributed by atoms with Crippen molar-refractivity contribution in [2.75, 3.05) is 13.1 Å². The van der Waals surface area contributed by atoms with Gasteiger partial charge in [0.25, 0.3) is 5.91 Å². The first kappa shape index (κ1) is 18.4. The molecule has 1 atom stereocenters. The Morgan fingerprint density at radius 1 is 1.37 bits per heavy atom. The number of likely N-dealkylation sites (tertiary alicyclic amines) is 1. The number of aromatic nitrogens is 3. The number of piperidine rings is 1. The summed E-state index contributed by atoms with van der Waals surface area (Å²) in [5.41, 5.74) is 3.46. The number of nitrogens with zero attached hydrogens (tertiary/aromatic N) is 3. The third-order valence-electron chi connectivity index (χ3n) is 4.94. The lowest BCUT2D eigenvalue weighted by molar-refractivity contribution is 0.0701. The molecule has 27 heavy (non-hydrogen) atoms. The first-order chi connectivity index (χ1) is 13.1. The molecule has 1 amide bonds. The fourth-order valence-electron chi connectivity index (χ4n) is 3.41. The number of thiazole rings is 1. The molecule has 1 saturated heterocycles. The highest BCUT2D eigenvalue weighted by molar-refractivity contribution is 9.10. The monoisotopic (exact) mass is 444 g/mol. The van der Waals surface area contributed by atoms with Crippen molar-refractivity contribution in [3.8, 4) is 11.3 Å². The van der Waals surface area contributed by atoms with E-state index >= 15 is 0 Å². The van der Waals surface area contributed by atoms with Crippen molar-refractivity contribution in [2.24, 2.45) is 0 Å². The lowest BCUT2D eigenvalue weighted by Crippen LogP contribution is -2.39. The summed E-state index contributed by atoms with van der Waals surface area (Å²) >= 11 is 5.16. The Kier molecular flexibility index (Phi) is 5.41. The van der Waals surface area contributed by atoms with Crippen LogP contribution < -0.4 is 0 Å². The zero-order chi connectivity index (χ0) is 18.8. The Morgan fingerprint density at radius 3 is 2.93 bits per heavy atom. The number of amides is 1. The fraction of sp³-hybridized carbons (Fsp3) is 0.350. The highest BCUT2D eigenvalue weighted by atomic mass is 79.9. The molecule has 1 N–H and O–H groups in total. The molecular weight excluding hydrogens is 424 g/mol. The maximum Gasteiger partial charge on any atom is 0.271 e. The van der Waals surface area contributed by atoms with E-state index in [0.29, 0.717) is 11.6 Å². The lowest BCUT2D eigenvalue weighted by atomic mass is 9.98. The van der Waals surface area contributed by atoms with Gasteiger partial charge in [0.15, 0.2) is 0 Å². The van der Waals surface area contributed by atoms with Crippen molar-refractivity contribution in [3.05, 3.63) is 56.6 Å². The summed E-state index contributed by atoms with van der Waals surface area (Å²) in [7, 11) is 0. The van der Waals surface area contributed by atoms with Crippen LogP contribution >= 0.6 is 27.3 Å². The number of hydrogen-bond acceptors (Lipinski definition) is 4. The van der Waals surface area contributed by atoms with Crippen LogP contribution in [0.15, 0.2) is 40.2 Å². The van der Waals surface area contributed by atoms with Gasteiger partial charge in [0.2, 0.25) is 0 Å². The molecule has 3 heterocycles. The number of benzene rings is 1. The molecule has 3 aromatic rings. The van der Waals surface area contributed by atoms with Crippen LogP contribution in [-0.4, -0.2) is 39.1 Å². The van der Waals surface area contributed by atoms with Crippen LogP contribution in [0.2, 0.25) is 0 Å². The van der Waals surface area contributed by atoms with Gasteiger partial charge < -0.3 is 4.90 Å². The topological polar surface area (TPSA) is 61.9 Å². The predicted molar refractivity (Wildman–Crippen MR) is 111 cm³/mol. The van der Waals surface area contributed by atoms with Crippen molar-refractivity contribution in [2.45, 2.75) is 32.1 Å². The number of H-pyrrole nitrogens is 1. The molecule has 1 unspecified atom stereocenters. The maximum atomic E-state index is 13.0. The van der Waals surface area contributed by atoms with Crippen LogP contribution in [0.3, 0.4) is 0 Å². The molecule has 140 valence electrons. The SMILES string of the molecule is CCc1csc(C2CCCN(C(=O)c3cc(-c4ccc(Br)cc4)n[nH]3)C2)n1. The summed E-state index contributed by atoms with van der Waals surface area (Å²) < 4.78 is 1.02. The highest BCUT2D eigenvalue weighted by Crippen LogP contribution is 2.30. The second-order valence-electron chi connectivity index (χ2n) is 6.79. The van der Waals surface area contributed by atoms with Crippen molar-refractivity contribution in [1.82, 2.24) is 20.1 Å². The predicted octanol–water partition coefficient (Wildman–Crippen LogP) is 4.88. The Morgan fingerprint density at radius 2 is 2.19 bits per heavy atom. The number of carbonyl (C=O) groups is 1. The van der Waals surface area contributed by atoms with Gasteiger partial charge >= 0.3 is 0 Å². The third kappa shape index (κ3) is 3.99. The van der Waals surface area contributed by atoms with E-state index in [0.717, 1.165) is 58.8 Å². The van der Waals surface area contributed by atoms with Gasteiger partial charge in [0.1, 0.15) is 5.69 Å². The molecule has 5 nitrogen and oxygen atoms in total. The van der Waals surface area contributed by atoms with Gasteiger partial charge in [-0.1, -0.05) is 35.0 Å². The van der Waals surface area contributed by atoms with Gasteiger partial charge in [-0.2, -0.15) is 5.10 Å². The van der Waals surface area contributed by atoms with Crippen LogP contribution in [0.1, 0.15) is 46.9 Å². The Hall–Kier alpha value is -1.99. The van der Waals surface area contributed by atoms with E-state index in [1.807, 2.05) is 35.2 Å². The maximum absolute atomic E-state index is 13.0. The smallest absolute Gasteiger partial charge is 0.271 e. The summed E-state index contributed by atoms with van der Waals surface area (Å²) in [6.07, 6.45) is 3.05. The third-order valence-corrected chi connectivity index (χ3v) is 6.52. The zero-order valence-corrected chi connectivity index (χ0v) is 17.5. The lowest BCUT2D eigenvalue weighted by Gasteiger charge is -2.31. The second kappa shape index (κ2) is 7.94. The standard InChI is InChI=1S/C20H21BrN4OS/c1-2-16-12-27-19(22-16)14-4-3-9-25(11-14)20(26)18-10-17(23-24-18)13-5-7-15(21)8-6-13/h5-8,10,12,14H,2-4,9,11H2,1H3,(H,23,24). The van der Waals surface area contributed by atoms with Gasteiger partial charge in [0.05, 0.1) is 16.4 Å². The molecule has 0 aliphatic carbocycles. The van der Waals surface area contributed by atoms with Gasteiger partial charge in [-0.05, 0) is 37.5 Å². The van der Waals surface area contributed by atoms with Crippen molar-refractivity contribution < 1.29 is 4.79 Å². The van der Waals surface area contributed by atoms with E-state index in [9.17, 15) is 4.79 Å². The highest BCUT2D eigenvalue weighted by Gasteiger charge is 2.28. The van der Waals surface area contributed by atoms with E-state index < -0.39 is 0 Å². The first-order valence-corrected chi connectivity index (χ1v) is 10.9. The Bertz CT molecular complexity index is 934. The average molecular weight is 445 g/mol. The molecule has 0 saturated carbocycles. The van der Waals surface area contributed by atoms with Crippen LogP contribution in [0.25, 0.3) is 11.3 Å². The molecule has 1 aromatic carbocycles. The Labute approximate surface area is 171 Å². The molecule has 2 aromatic heterocycles. The average Bonchev–Trinajstić information content (AvgIpc) is 3.38. The summed E-state index contributed by atoms with van der Waals surface area (Å²) in [5.74, 6) is 0.352. The molecule has 1 aliphatic heterocycles. The quantitative estimate of drug-likeness (QED) is 0.623. The number of halogens is 1. The summed E-state index contributed by atoms with van der Waals surface area (Å²) in [6.45, 7) is 3.63. The van der Waals surface area contributed by atoms with Crippen molar-refractivity contribution in [1.29, 1.82) is 0 Å². The fourth-order valence-corrected chi connectivity index (χ4v) is 4.70. The number of nitrogens with one attached hydrogen (secondary N) is 1. The molecule has 1 aliphatic rings. The molecule has 0 bridgehead atoms. The minimum absolute atomic E-state index is 0.0165. The largest absolute Gasteiger partial charge is 0.337 e. The van der Waals surface area contributed by atoms with Gasteiger partial charge in [-0.3, -0.25) is 9.89 Å². The van der Waals surface area contributed by atoms with Crippen LogP contribution in [0, 0.1) is 0 Å². The summed E-state index contributed by atoms with van der Waals surface area (Å²) in [4.78, 5) is 19.6. The summed E-state index contributed by atoms with van der Waals surface area (Å²) in [6, 6.07) is 9.75. The van der Waals surface area contributed by atoms with E-state index in [1.165, 1.54) is 0 Å². The zero-order valence-electron chi connectivity index (χ0n) is 15.1. The van der Waals surface area contributed by atoms with Crippen LogP contribution in [0.4, 0.5) is 0 Å². The normalized spacial score (nSPS) is 17.3. The minimum Gasteiger partial charge on any atom is -0.337 e. The van der Waals surface area contributed by atoms with E-state index in [2.05, 4.69) is 38.4 Å². The van der Waals surface area contributed by atoms with Gasteiger partial charge in [-0.15, -0.1) is 11.3 Å². The molecule has 0 spiro atoms. The van der Waals surface area contributed by atoms with E-state index in [4.69, 9.17) is 4.98 Å². The van der Waals surface area contributed by atoms with E-state index in [-0.39, 0.29) is 5.91 Å². The van der Waals surface area contributed by atoms with Crippen molar-refractivity contribution in [3.63, 3.8) is 0 Å². The molecular formula is C20H21BrN4OS. The molecule has 0 radical (unpaired) electrons. The van der Waals surface area contributed by atoms with Gasteiger partial charge in [-0.25, -0.2) is 4.98 Å². The van der Waals surface area contributed by atoms with Crippen molar-refractivity contribution >= 4 is 33.2 Å². The molecule has 7 heteroatoms. The second-order valence-corrected chi connectivity index (χ2v) is 8.60. The first-order valence-electron chi connectivity index (χ1n) is 9.19. The van der Waals surface area contributed by atoms with Crippen LogP contribution in [-0.2, 0) is 6.42 Å². The number of carbonyl (C=O) groups excluding carboxylic acids is 1. The number of hydrogen-bond donors (Lipinski definition) is 1. The number of aromatic amines is 1. The molecule has 1 fully saturated rings. The van der Waals surface area contributed by atoms with Gasteiger partial charge in [0, 0.05) is 34.4 Å². The number of rotatable bonds is 4. The Balaban J connectivity index is 1.48.